The number of hydrogen-bond donors (Lipinski definition) is 1. The maximum Gasteiger partial charge on any atom is 0.169 e. The molecule has 0 aliphatic carbocycles. The van der Waals surface area contributed by atoms with E-state index in [1.54, 1.807) is 17.9 Å². The van der Waals surface area contributed by atoms with Crippen LogP contribution in [0.15, 0.2) is 18.2 Å². The Morgan fingerprint density at radius 3 is 2.89 bits per heavy atom. The van der Waals surface area contributed by atoms with E-state index in [2.05, 4.69) is 17.2 Å². The van der Waals surface area contributed by atoms with E-state index in [4.69, 9.17) is 22.1 Å². The van der Waals surface area contributed by atoms with Gasteiger partial charge in [0.1, 0.15) is 5.75 Å². The molecular formula is C12H15ClN4O. The fourth-order valence-corrected chi connectivity index (χ4v) is 1.97. The van der Waals surface area contributed by atoms with Gasteiger partial charge < -0.3 is 10.5 Å². The van der Waals surface area contributed by atoms with E-state index in [9.17, 15) is 0 Å². The molecule has 0 unspecified atom stereocenters. The normalized spacial score (nSPS) is 10.6. The van der Waals surface area contributed by atoms with Crippen molar-refractivity contribution in [3.8, 4) is 11.4 Å². The molecule has 96 valence electrons. The summed E-state index contributed by atoms with van der Waals surface area (Å²) in [7, 11) is 1.58. The molecule has 0 atom stereocenters. The lowest BCUT2D eigenvalue weighted by atomic mass is 10.2. The highest BCUT2D eigenvalue weighted by Gasteiger charge is 2.12. The van der Waals surface area contributed by atoms with Crippen molar-refractivity contribution in [2.45, 2.75) is 19.8 Å². The molecule has 0 spiro atoms. The maximum absolute atomic E-state index is 5.99. The zero-order chi connectivity index (χ0) is 13.1. The number of methoxy groups -OCH3 is 1. The molecular weight excluding hydrogens is 252 g/mol. The Hall–Kier alpha value is -1.75. The number of nitrogens with zero attached hydrogens (tertiary/aromatic N) is 3. The first-order valence-electron chi connectivity index (χ1n) is 5.71. The molecule has 2 aromatic rings. The van der Waals surface area contributed by atoms with Crippen molar-refractivity contribution in [1.82, 2.24) is 15.0 Å². The van der Waals surface area contributed by atoms with Crippen LogP contribution in [0.2, 0.25) is 5.02 Å². The second-order valence-electron chi connectivity index (χ2n) is 3.90. The van der Waals surface area contributed by atoms with Crippen LogP contribution in [-0.2, 0) is 6.42 Å². The molecule has 6 heteroatoms. The highest BCUT2D eigenvalue weighted by molar-refractivity contribution is 6.32. The van der Waals surface area contributed by atoms with Crippen molar-refractivity contribution in [2.24, 2.45) is 0 Å². The summed E-state index contributed by atoms with van der Waals surface area (Å²) in [5, 5.41) is 8.52. The molecule has 18 heavy (non-hydrogen) atoms. The number of hydrogen-bond acceptors (Lipinski definition) is 4. The first-order valence-corrected chi connectivity index (χ1v) is 6.09. The summed E-state index contributed by atoms with van der Waals surface area (Å²) in [6.07, 6.45) is 1.80. The van der Waals surface area contributed by atoms with Crippen LogP contribution in [-0.4, -0.2) is 22.1 Å². The van der Waals surface area contributed by atoms with Crippen LogP contribution >= 0.6 is 11.6 Å². The lowest BCUT2D eigenvalue weighted by Crippen LogP contribution is -2.04. The lowest BCUT2D eigenvalue weighted by Gasteiger charge is -2.08. The van der Waals surface area contributed by atoms with Crippen LogP contribution in [0.5, 0.6) is 5.75 Å². The maximum atomic E-state index is 5.99. The summed E-state index contributed by atoms with van der Waals surface area (Å²) in [6.45, 7) is 2.08. The van der Waals surface area contributed by atoms with Crippen LogP contribution < -0.4 is 10.5 Å². The molecule has 0 saturated heterocycles. The monoisotopic (exact) mass is 266 g/mol. The average molecular weight is 267 g/mol. The number of anilines is 1. The van der Waals surface area contributed by atoms with Crippen molar-refractivity contribution < 1.29 is 4.74 Å². The van der Waals surface area contributed by atoms with Crippen LogP contribution in [0.3, 0.4) is 0 Å². The van der Waals surface area contributed by atoms with Crippen LogP contribution in [0.1, 0.15) is 19.0 Å². The molecule has 1 heterocycles. The van der Waals surface area contributed by atoms with Crippen LogP contribution in [0.4, 0.5) is 5.82 Å². The minimum atomic E-state index is 0.464. The van der Waals surface area contributed by atoms with Gasteiger partial charge in [-0.05, 0) is 18.6 Å². The number of nitrogens with two attached hydrogens (primary N) is 1. The second-order valence-corrected chi connectivity index (χ2v) is 4.31. The molecule has 2 rings (SSSR count). The summed E-state index contributed by atoms with van der Waals surface area (Å²) in [4.78, 5) is 0. The topological polar surface area (TPSA) is 66.0 Å². The van der Waals surface area contributed by atoms with Gasteiger partial charge in [-0.25, -0.2) is 4.68 Å². The molecule has 2 N–H and O–H groups in total. The molecule has 0 saturated carbocycles. The Morgan fingerprint density at radius 1 is 1.44 bits per heavy atom. The number of halogens is 1. The fourth-order valence-electron chi connectivity index (χ4n) is 1.77. The number of ether oxygens (including phenoxy) is 1. The third-order valence-corrected chi connectivity index (χ3v) is 2.97. The fraction of sp³-hybridized carbons (Fsp3) is 0.333. The van der Waals surface area contributed by atoms with E-state index in [0.717, 1.165) is 24.2 Å². The van der Waals surface area contributed by atoms with Gasteiger partial charge in [0.05, 0.1) is 23.5 Å². The molecule has 0 aliphatic rings. The zero-order valence-electron chi connectivity index (χ0n) is 10.4. The first kappa shape index (κ1) is 12.7. The van der Waals surface area contributed by atoms with E-state index in [1.807, 2.05) is 12.1 Å². The van der Waals surface area contributed by atoms with Gasteiger partial charge in [-0.1, -0.05) is 30.2 Å². The van der Waals surface area contributed by atoms with Gasteiger partial charge in [-0.15, -0.1) is 5.10 Å². The largest absolute Gasteiger partial charge is 0.495 e. The predicted molar refractivity (Wildman–Crippen MR) is 71.3 cm³/mol. The molecule has 0 fully saturated rings. The van der Waals surface area contributed by atoms with Crippen molar-refractivity contribution in [3.63, 3.8) is 0 Å². The van der Waals surface area contributed by atoms with Crippen LogP contribution in [0.25, 0.3) is 5.69 Å². The van der Waals surface area contributed by atoms with Gasteiger partial charge >= 0.3 is 0 Å². The number of nitrogen functional groups attached to an aromatic ring is 1. The molecule has 0 amide bonds. The van der Waals surface area contributed by atoms with Gasteiger partial charge in [-0.3, -0.25) is 0 Å². The van der Waals surface area contributed by atoms with Crippen molar-refractivity contribution >= 4 is 17.4 Å². The van der Waals surface area contributed by atoms with E-state index >= 15 is 0 Å². The highest BCUT2D eigenvalue weighted by atomic mass is 35.5. The van der Waals surface area contributed by atoms with E-state index in [0.29, 0.717) is 16.6 Å². The summed E-state index contributed by atoms with van der Waals surface area (Å²) in [5.41, 5.74) is 7.55. The van der Waals surface area contributed by atoms with E-state index in [-0.39, 0.29) is 0 Å². The second kappa shape index (κ2) is 5.27. The SMILES string of the molecule is CCCc1c(N)nnn1-c1ccc(Cl)c(OC)c1. The summed E-state index contributed by atoms with van der Waals surface area (Å²) in [5.74, 6) is 1.07. The first-order chi connectivity index (χ1) is 8.67. The Bertz CT molecular complexity index is 553. The Labute approximate surface area is 111 Å². The van der Waals surface area contributed by atoms with Gasteiger partial charge in [0.15, 0.2) is 5.82 Å². The van der Waals surface area contributed by atoms with Gasteiger partial charge in [-0.2, -0.15) is 0 Å². The van der Waals surface area contributed by atoms with Crippen LogP contribution in [0, 0.1) is 0 Å². The summed E-state index contributed by atoms with van der Waals surface area (Å²) in [6, 6.07) is 5.44. The number of aromatic nitrogens is 3. The zero-order valence-corrected chi connectivity index (χ0v) is 11.1. The molecule has 0 radical (unpaired) electrons. The third-order valence-electron chi connectivity index (χ3n) is 2.66. The molecule has 5 nitrogen and oxygen atoms in total. The van der Waals surface area contributed by atoms with Crippen molar-refractivity contribution in [1.29, 1.82) is 0 Å². The Kier molecular flexibility index (Phi) is 3.72. The van der Waals surface area contributed by atoms with Crippen molar-refractivity contribution in [3.05, 3.63) is 28.9 Å². The number of rotatable bonds is 4. The molecule has 0 aliphatic heterocycles. The third kappa shape index (κ3) is 2.26. The quantitative estimate of drug-likeness (QED) is 0.923. The molecule has 1 aromatic carbocycles. The minimum absolute atomic E-state index is 0.464. The highest BCUT2D eigenvalue weighted by Crippen LogP contribution is 2.27. The summed E-state index contributed by atoms with van der Waals surface area (Å²) >= 11 is 5.99. The molecule has 1 aromatic heterocycles. The Morgan fingerprint density at radius 2 is 2.22 bits per heavy atom. The minimum Gasteiger partial charge on any atom is -0.495 e. The predicted octanol–water partition coefficient (Wildman–Crippen LogP) is 2.46. The smallest absolute Gasteiger partial charge is 0.169 e. The van der Waals surface area contributed by atoms with Gasteiger partial charge in [0.25, 0.3) is 0 Å². The number of benzene rings is 1. The Balaban J connectivity index is 2.48. The van der Waals surface area contributed by atoms with Crippen molar-refractivity contribution in [2.75, 3.05) is 12.8 Å². The van der Waals surface area contributed by atoms with E-state index in [1.165, 1.54) is 0 Å². The lowest BCUT2D eigenvalue weighted by molar-refractivity contribution is 0.414. The van der Waals surface area contributed by atoms with Gasteiger partial charge in [0.2, 0.25) is 0 Å². The standard InChI is InChI=1S/C12H15ClN4O/c1-3-4-10-12(14)15-16-17(10)8-5-6-9(13)11(7-8)18-2/h5-7H,3-4,14H2,1-2H3. The molecule has 0 bridgehead atoms. The van der Waals surface area contributed by atoms with Gasteiger partial charge in [0, 0.05) is 6.07 Å². The van der Waals surface area contributed by atoms with E-state index < -0.39 is 0 Å². The summed E-state index contributed by atoms with van der Waals surface area (Å²) < 4.78 is 6.91. The average Bonchev–Trinajstić information content (AvgIpc) is 2.73.